The summed E-state index contributed by atoms with van der Waals surface area (Å²) >= 11 is 1.25. The lowest BCUT2D eigenvalue weighted by molar-refractivity contribution is -0.114. The van der Waals surface area contributed by atoms with Crippen molar-refractivity contribution in [2.75, 3.05) is 16.0 Å². The first-order chi connectivity index (χ1) is 16.3. The van der Waals surface area contributed by atoms with E-state index >= 15 is 0 Å². The van der Waals surface area contributed by atoms with E-state index in [0.717, 1.165) is 33.7 Å². The summed E-state index contributed by atoms with van der Waals surface area (Å²) in [5.41, 5.74) is 3.99. The first-order valence-corrected chi connectivity index (χ1v) is 11.1. The normalized spacial score (nSPS) is 10.6. The Morgan fingerprint density at radius 1 is 0.853 bits per heavy atom. The number of benzene rings is 3. The van der Waals surface area contributed by atoms with E-state index in [1.165, 1.54) is 18.3 Å². The maximum atomic E-state index is 13.9. The van der Waals surface area contributed by atoms with Crippen molar-refractivity contribution >= 4 is 39.8 Å². The van der Waals surface area contributed by atoms with Crippen LogP contribution in [0.4, 0.5) is 30.1 Å². The summed E-state index contributed by atoms with van der Waals surface area (Å²) in [6.07, 6.45) is 0. The molecule has 0 saturated carbocycles. The molecule has 1 aromatic heterocycles. The smallest absolute Gasteiger partial charge is 0.325 e. The first kappa shape index (κ1) is 23.1. The molecule has 9 heteroatoms. The van der Waals surface area contributed by atoms with Gasteiger partial charge in [-0.1, -0.05) is 53.3 Å². The number of halogens is 2. The summed E-state index contributed by atoms with van der Waals surface area (Å²) < 4.78 is 27.0. The first-order valence-electron chi connectivity index (χ1n) is 10.3. The summed E-state index contributed by atoms with van der Waals surface area (Å²) in [6.45, 7) is 3.42. The van der Waals surface area contributed by atoms with Gasteiger partial charge in [0.25, 0.3) is 0 Å². The van der Waals surface area contributed by atoms with Crippen molar-refractivity contribution in [1.82, 2.24) is 4.98 Å². The minimum Gasteiger partial charge on any atom is -0.326 e. The Morgan fingerprint density at radius 2 is 1.53 bits per heavy atom. The van der Waals surface area contributed by atoms with Crippen LogP contribution < -0.4 is 16.0 Å². The Bertz CT molecular complexity index is 1350. The number of hydrogen-bond acceptors (Lipinski definition) is 4. The zero-order valence-electron chi connectivity index (χ0n) is 18.3. The van der Waals surface area contributed by atoms with Crippen molar-refractivity contribution in [2.24, 2.45) is 0 Å². The maximum absolute atomic E-state index is 13.9. The number of nitrogens with one attached hydrogen (secondary N) is 3. The van der Waals surface area contributed by atoms with Crippen LogP contribution in [0.15, 0.2) is 66.7 Å². The Morgan fingerprint density at radius 3 is 2.18 bits per heavy atom. The maximum Gasteiger partial charge on any atom is 0.325 e. The minimum absolute atomic E-state index is 0.150. The number of carbonyl (C=O) groups excluding carboxylic acids is 2. The van der Waals surface area contributed by atoms with Crippen LogP contribution in [0.5, 0.6) is 0 Å². The lowest BCUT2D eigenvalue weighted by Crippen LogP contribution is -2.20. The van der Waals surface area contributed by atoms with E-state index in [1.807, 2.05) is 43.3 Å². The number of hydrogen-bond donors (Lipinski definition) is 3. The van der Waals surface area contributed by atoms with Crippen molar-refractivity contribution in [3.05, 3.63) is 83.9 Å². The van der Waals surface area contributed by atoms with Gasteiger partial charge in [0.15, 0.2) is 5.13 Å². The van der Waals surface area contributed by atoms with Gasteiger partial charge in [-0.05, 0) is 36.8 Å². The molecule has 3 aromatic carbocycles. The molecule has 4 aromatic rings. The van der Waals surface area contributed by atoms with Crippen molar-refractivity contribution in [1.29, 1.82) is 0 Å². The molecule has 34 heavy (non-hydrogen) atoms. The van der Waals surface area contributed by atoms with E-state index < -0.39 is 17.7 Å². The molecule has 0 aliphatic carbocycles. The minimum atomic E-state index is -0.880. The molecule has 0 radical (unpaired) electrons. The van der Waals surface area contributed by atoms with Crippen LogP contribution >= 0.6 is 11.3 Å². The fourth-order valence-electron chi connectivity index (χ4n) is 3.23. The van der Waals surface area contributed by atoms with Crippen LogP contribution in [0.25, 0.3) is 21.7 Å². The van der Waals surface area contributed by atoms with Gasteiger partial charge in [-0.25, -0.2) is 18.6 Å². The molecule has 0 aliphatic heterocycles. The second-order valence-electron chi connectivity index (χ2n) is 7.52. The lowest BCUT2D eigenvalue weighted by Gasteiger charge is -2.06. The fraction of sp³-hybridized carbons (Fsp3) is 0.0800. The molecule has 0 fully saturated rings. The van der Waals surface area contributed by atoms with Crippen LogP contribution in [0, 0.1) is 18.6 Å². The molecule has 3 N–H and O–H groups in total. The third-order valence-corrected chi connectivity index (χ3v) is 5.84. The number of aromatic nitrogens is 1. The number of rotatable bonds is 5. The molecule has 4 rings (SSSR count). The van der Waals surface area contributed by atoms with Gasteiger partial charge in [-0.2, -0.15) is 0 Å². The van der Waals surface area contributed by atoms with E-state index in [9.17, 15) is 18.4 Å². The summed E-state index contributed by atoms with van der Waals surface area (Å²) in [4.78, 5) is 29.2. The molecular formula is C25H20F2N4O2S. The van der Waals surface area contributed by atoms with E-state index in [4.69, 9.17) is 0 Å². The third-order valence-electron chi connectivity index (χ3n) is 4.82. The van der Waals surface area contributed by atoms with Crippen LogP contribution in [0.2, 0.25) is 0 Å². The largest absolute Gasteiger partial charge is 0.326 e. The fourth-order valence-corrected chi connectivity index (χ4v) is 4.21. The van der Waals surface area contributed by atoms with Gasteiger partial charge < -0.3 is 10.6 Å². The molecule has 172 valence electrons. The van der Waals surface area contributed by atoms with Gasteiger partial charge in [0.1, 0.15) is 11.6 Å². The molecular weight excluding hydrogens is 458 g/mol. The summed E-state index contributed by atoms with van der Waals surface area (Å²) in [5, 5.41) is 8.01. The van der Waals surface area contributed by atoms with Crippen LogP contribution in [0.3, 0.4) is 0 Å². The quantitative estimate of drug-likeness (QED) is 0.300. The second kappa shape index (κ2) is 9.80. The van der Waals surface area contributed by atoms with E-state index in [-0.39, 0.29) is 11.6 Å². The van der Waals surface area contributed by atoms with Gasteiger partial charge in [-0.3, -0.25) is 10.1 Å². The number of anilines is 3. The lowest BCUT2D eigenvalue weighted by atomic mass is 10.1. The highest BCUT2D eigenvalue weighted by Gasteiger charge is 2.17. The molecule has 3 amide bonds. The third kappa shape index (κ3) is 5.44. The number of carbonyl (C=O) groups is 2. The Labute approximate surface area is 198 Å². The van der Waals surface area contributed by atoms with Gasteiger partial charge in [0.2, 0.25) is 5.91 Å². The topological polar surface area (TPSA) is 83.1 Å². The van der Waals surface area contributed by atoms with Crippen molar-refractivity contribution < 1.29 is 18.4 Å². The average Bonchev–Trinajstić information content (AvgIpc) is 3.20. The molecule has 0 aliphatic rings. The van der Waals surface area contributed by atoms with E-state index in [1.54, 1.807) is 12.1 Å². The SMILES string of the molecule is CC(=O)Nc1ccc(-c2sc(NC(=O)Nc3ccc(F)cc3F)nc2-c2ccc(C)cc2)cc1. The molecule has 0 spiro atoms. The van der Waals surface area contributed by atoms with Crippen LogP contribution in [-0.4, -0.2) is 16.9 Å². The predicted octanol–water partition coefficient (Wildman–Crippen LogP) is 6.67. The molecule has 0 bridgehead atoms. The van der Waals surface area contributed by atoms with Gasteiger partial charge in [0, 0.05) is 24.2 Å². The standard InChI is InChI=1S/C25H20F2N4O2S/c1-14-3-5-16(6-4-14)22-23(17-7-10-19(11-8-17)28-15(2)32)34-25(30-22)31-24(33)29-21-12-9-18(26)13-20(21)27/h3-13H,1-2H3,(H,28,32)(H2,29,30,31,33). The highest BCUT2D eigenvalue weighted by molar-refractivity contribution is 7.19. The van der Waals surface area contributed by atoms with E-state index in [2.05, 4.69) is 20.9 Å². The number of nitrogens with zero attached hydrogens (tertiary/aromatic N) is 1. The molecule has 0 atom stereocenters. The van der Waals surface area contributed by atoms with Crippen LogP contribution in [-0.2, 0) is 4.79 Å². The highest BCUT2D eigenvalue weighted by atomic mass is 32.1. The Kier molecular flexibility index (Phi) is 6.65. The monoisotopic (exact) mass is 478 g/mol. The summed E-state index contributed by atoms with van der Waals surface area (Å²) in [6, 6.07) is 17.3. The number of aryl methyl sites for hydroxylation is 1. The summed E-state index contributed by atoms with van der Waals surface area (Å²) in [7, 11) is 0. The number of thiazole rings is 1. The second-order valence-corrected chi connectivity index (χ2v) is 8.52. The van der Waals surface area contributed by atoms with Crippen LogP contribution in [0.1, 0.15) is 12.5 Å². The average molecular weight is 479 g/mol. The zero-order chi connectivity index (χ0) is 24.2. The number of amides is 3. The van der Waals surface area contributed by atoms with Crippen molar-refractivity contribution in [2.45, 2.75) is 13.8 Å². The van der Waals surface area contributed by atoms with Gasteiger partial charge in [0.05, 0.1) is 16.3 Å². The van der Waals surface area contributed by atoms with Crippen molar-refractivity contribution in [3.8, 4) is 21.7 Å². The molecule has 6 nitrogen and oxygen atoms in total. The van der Waals surface area contributed by atoms with E-state index in [0.29, 0.717) is 22.6 Å². The molecule has 0 saturated heterocycles. The Balaban J connectivity index is 1.64. The highest BCUT2D eigenvalue weighted by Crippen LogP contribution is 2.39. The zero-order valence-corrected chi connectivity index (χ0v) is 19.1. The molecule has 0 unspecified atom stereocenters. The number of urea groups is 1. The predicted molar refractivity (Wildman–Crippen MR) is 131 cm³/mol. The van der Waals surface area contributed by atoms with Gasteiger partial charge in [-0.15, -0.1) is 0 Å². The van der Waals surface area contributed by atoms with Crippen molar-refractivity contribution in [3.63, 3.8) is 0 Å². The summed E-state index contributed by atoms with van der Waals surface area (Å²) in [5.74, 6) is -1.78. The Hall–Kier alpha value is -4.11. The van der Waals surface area contributed by atoms with Gasteiger partial charge >= 0.3 is 6.03 Å². The molecule has 1 heterocycles.